The van der Waals surface area contributed by atoms with Crippen LogP contribution in [0, 0.1) is 0 Å². The summed E-state index contributed by atoms with van der Waals surface area (Å²) in [6.45, 7) is 1.21. The second-order valence-corrected chi connectivity index (χ2v) is 6.02. The molecule has 2 aromatic rings. The molecule has 0 saturated heterocycles. The Morgan fingerprint density at radius 3 is 2.64 bits per heavy atom. The zero-order valence-electron chi connectivity index (χ0n) is 12.7. The first-order valence-electron chi connectivity index (χ1n) is 7.79. The highest BCUT2D eigenvalue weighted by molar-refractivity contribution is 5.86. The molecule has 3 rings (SSSR count). The van der Waals surface area contributed by atoms with Crippen molar-refractivity contribution >= 4 is 5.91 Å². The van der Waals surface area contributed by atoms with E-state index in [2.05, 4.69) is 16.5 Å². The molecule has 116 valence electrons. The summed E-state index contributed by atoms with van der Waals surface area (Å²) < 4.78 is 1.88. The molecule has 0 unspecified atom stereocenters. The Hall–Kier alpha value is -2.14. The van der Waals surface area contributed by atoms with Crippen molar-refractivity contribution in [3.05, 3.63) is 53.9 Å². The Bertz CT molecular complexity index is 630. The van der Waals surface area contributed by atoms with E-state index in [-0.39, 0.29) is 5.91 Å². The summed E-state index contributed by atoms with van der Waals surface area (Å²) in [6.07, 6.45) is 7.35. The maximum absolute atomic E-state index is 12.3. The topological polar surface area (TPSA) is 72.9 Å². The summed E-state index contributed by atoms with van der Waals surface area (Å²) in [5.41, 5.74) is 7.78. The van der Waals surface area contributed by atoms with Crippen molar-refractivity contribution in [2.45, 2.75) is 44.3 Å². The van der Waals surface area contributed by atoms with Gasteiger partial charge in [0.25, 0.3) is 0 Å². The van der Waals surface area contributed by atoms with E-state index >= 15 is 0 Å². The van der Waals surface area contributed by atoms with Crippen molar-refractivity contribution < 1.29 is 4.79 Å². The number of aromatic nitrogens is 2. The van der Waals surface area contributed by atoms with Crippen LogP contribution in [0.4, 0.5) is 0 Å². The molecule has 22 heavy (non-hydrogen) atoms. The zero-order chi connectivity index (χ0) is 15.4. The molecule has 1 saturated carbocycles. The van der Waals surface area contributed by atoms with Crippen LogP contribution in [0.5, 0.6) is 0 Å². The second kappa shape index (κ2) is 6.32. The highest BCUT2D eigenvalue weighted by Gasteiger charge is 2.36. The van der Waals surface area contributed by atoms with Gasteiger partial charge in [0, 0.05) is 18.9 Å². The van der Waals surface area contributed by atoms with E-state index < -0.39 is 5.54 Å². The number of amides is 1. The summed E-state index contributed by atoms with van der Waals surface area (Å²) in [4.78, 5) is 12.3. The number of hydrogen-bond acceptors (Lipinski definition) is 3. The van der Waals surface area contributed by atoms with E-state index in [0.717, 1.165) is 36.8 Å². The maximum atomic E-state index is 12.3. The molecule has 1 aromatic carbocycles. The third-order valence-electron chi connectivity index (χ3n) is 4.40. The smallest absolute Gasteiger partial charge is 0.240 e. The number of carbonyl (C=O) groups is 1. The summed E-state index contributed by atoms with van der Waals surface area (Å²) in [7, 11) is 0. The number of benzene rings is 1. The first-order valence-corrected chi connectivity index (χ1v) is 7.79. The molecule has 1 heterocycles. The number of nitrogens with two attached hydrogens (primary N) is 1. The molecular weight excluding hydrogens is 276 g/mol. The lowest BCUT2D eigenvalue weighted by atomic mass is 9.98. The Balaban J connectivity index is 1.66. The minimum atomic E-state index is -0.670. The summed E-state index contributed by atoms with van der Waals surface area (Å²) in [6, 6.07) is 10.0. The number of rotatable bonds is 5. The monoisotopic (exact) mass is 298 g/mol. The van der Waals surface area contributed by atoms with Crippen LogP contribution in [-0.2, 0) is 17.9 Å². The molecule has 0 spiro atoms. The first kappa shape index (κ1) is 14.8. The first-order chi connectivity index (χ1) is 10.7. The third-order valence-corrected chi connectivity index (χ3v) is 4.40. The molecule has 0 bridgehead atoms. The van der Waals surface area contributed by atoms with E-state index in [1.807, 2.05) is 35.1 Å². The second-order valence-electron chi connectivity index (χ2n) is 6.02. The normalized spacial score (nSPS) is 16.6. The highest BCUT2D eigenvalue weighted by atomic mass is 16.2. The average Bonchev–Trinajstić information content (AvgIpc) is 3.18. The lowest BCUT2D eigenvalue weighted by Gasteiger charge is -2.22. The fourth-order valence-electron chi connectivity index (χ4n) is 3.04. The van der Waals surface area contributed by atoms with E-state index in [1.165, 1.54) is 0 Å². The van der Waals surface area contributed by atoms with Crippen molar-refractivity contribution in [3.63, 3.8) is 0 Å². The number of carbonyl (C=O) groups excluding carboxylic acids is 1. The van der Waals surface area contributed by atoms with Gasteiger partial charge in [-0.1, -0.05) is 37.1 Å². The van der Waals surface area contributed by atoms with Gasteiger partial charge in [-0.05, 0) is 30.0 Å². The van der Waals surface area contributed by atoms with Crippen molar-refractivity contribution in [3.8, 4) is 0 Å². The molecule has 1 amide bonds. The molecule has 1 aliphatic carbocycles. The zero-order valence-corrected chi connectivity index (χ0v) is 12.7. The Morgan fingerprint density at radius 2 is 1.95 bits per heavy atom. The largest absolute Gasteiger partial charge is 0.350 e. The van der Waals surface area contributed by atoms with Gasteiger partial charge < -0.3 is 11.1 Å². The van der Waals surface area contributed by atoms with Crippen molar-refractivity contribution in [1.82, 2.24) is 15.1 Å². The van der Waals surface area contributed by atoms with Crippen LogP contribution < -0.4 is 11.1 Å². The molecular formula is C17H22N4O. The van der Waals surface area contributed by atoms with Crippen LogP contribution >= 0.6 is 0 Å². The van der Waals surface area contributed by atoms with E-state index in [4.69, 9.17) is 5.73 Å². The molecule has 1 fully saturated rings. The Morgan fingerprint density at radius 1 is 1.23 bits per heavy atom. The highest BCUT2D eigenvalue weighted by Crippen LogP contribution is 2.27. The fraction of sp³-hybridized carbons (Fsp3) is 0.412. The van der Waals surface area contributed by atoms with Crippen molar-refractivity contribution in [2.24, 2.45) is 5.73 Å². The quantitative estimate of drug-likeness (QED) is 0.884. The van der Waals surface area contributed by atoms with Gasteiger partial charge in [0.05, 0.1) is 12.1 Å². The van der Waals surface area contributed by atoms with Gasteiger partial charge in [0.2, 0.25) is 5.91 Å². The van der Waals surface area contributed by atoms with Gasteiger partial charge in [-0.2, -0.15) is 5.10 Å². The average molecular weight is 298 g/mol. The van der Waals surface area contributed by atoms with Crippen LogP contribution in [0.2, 0.25) is 0 Å². The minimum absolute atomic E-state index is 0.0288. The molecule has 0 radical (unpaired) electrons. The number of nitrogens with one attached hydrogen (secondary N) is 1. The number of nitrogens with zero attached hydrogens (tertiary/aromatic N) is 2. The minimum Gasteiger partial charge on any atom is -0.350 e. The maximum Gasteiger partial charge on any atom is 0.240 e. The number of hydrogen-bond donors (Lipinski definition) is 2. The van der Waals surface area contributed by atoms with Gasteiger partial charge in [-0.15, -0.1) is 0 Å². The van der Waals surface area contributed by atoms with E-state index in [1.54, 1.807) is 6.20 Å². The molecule has 1 aliphatic rings. The lowest BCUT2D eigenvalue weighted by Crippen LogP contribution is -2.51. The van der Waals surface area contributed by atoms with Crippen LogP contribution in [0.3, 0.4) is 0 Å². The van der Waals surface area contributed by atoms with Gasteiger partial charge >= 0.3 is 0 Å². The summed E-state index contributed by atoms with van der Waals surface area (Å²) in [5, 5.41) is 7.24. The van der Waals surface area contributed by atoms with Crippen LogP contribution in [0.15, 0.2) is 42.7 Å². The molecule has 5 heteroatoms. The SMILES string of the molecule is NC1(C(=O)NCc2ccccc2Cn2cccn2)CCCC1. The Labute approximate surface area is 130 Å². The van der Waals surface area contributed by atoms with Gasteiger partial charge in [-0.25, -0.2) is 0 Å². The molecule has 0 aliphatic heterocycles. The van der Waals surface area contributed by atoms with Crippen molar-refractivity contribution in [2.75, 3.05) is 0 Å². The predicted octanol–water partition coefficient (Wildman–Crippen LogP) is 1.82. The van der Waals surface area contributed by atoms with E-state index in [0.29, 0.717) is 13.1 Å². The molecule has 5 nitrogen and oxygen atoms in total. The van der Waals surface area contributed by atoms with Crippen LogP contribution in [0.25, 0.3) is 0 Å². The lowest BCUT2D eigenvalue weighted by molar-refractivity contribution is -0.126. The summed E-state index contributed by atoms with van der Waals surface area (Å²) >= 11 is 0. The van der Waals surface area contributed by atoms with Gasteiger partial charge in [0.15, 0.2) is 0 Å². The third kappa shape index (κ3) is 3.20. The van der Waals surface area contributed by atoms with Crippen LogP contribution in [-0.4, -0.2) is 21.2 Å². The van der Waals surface area contributed by atoms with Gasteiger partial charge in [0.1, 0.15) is 0 Å². The summed E-state index contributed by atoms with van der Waals surface area (Å²) in [5.74, 6) is -0.0288. The Kier molecular flexibility index (Phi) is 4.24. The molecule has 1 aromatic heterocycles. The fourth-order valence-corrected chi connectivity index (χ4v) is 3.04. The van der Waals surface area contributed by atoms with Gasteiger partial charge in [-0.3, -0.25) is 9.48 Å². The van der Waals surface area contributed by atoms with Crippen LogP contribution in [0.1, 0.15) is 36.8 Å². The van der Waals surface area contributed by atoms with Crippen molar-refractivity contribution in [1.29, 1.82) is 0 Å². The van der Waals surface area contributed by atoms with E-state index in [9.17, 15) is 4.79 Å². The molecule has 3 N–H and O–H groups in total. The standard InChI is InChI=1S/C17H22N4O/c18-17(8-3-4-9-17)16(22)19-12-14-6-1-2-7-15(14)13-21-11-5-10-20-21/h1-2,5-7,10-11H,3-4,8-9,12-13,18H2,(H,19,22). The predicted molar refractivity (Wildman–Crippen MR) is 85.0 cm³/mol. The molecule has 0 atom stereocenters.